The van der Waals surface area contributed by atoms with Crippen molar-refractivity contribution in [1.82, 2.24) is 20.2 Å². The summed E-state index contributed by atoms with van der Waals surface area (Å²) in [6.07, 6.45) is 3.49. The van der Waals surface area contributed by atoms with Crippen LogP contribution in [0.5, 0.6) is 11.6 Å². The number of aromatic nitrogens is 2. The van der Waals surface area contributed by atoms with Gasteiger partial charge in [-0.05, 0) is 48.4 Å². The number of carbonyl (C=O) groups excluding carboxylic acids is 2. The zero-order chi connectivity index (χ0) is 23.2. The Balaban J connectivity index is 1.56. The minimum absolute atomic E-state index is 0.00937. The maximum atomic E-state index is 13.0. The predicted molar refractivity (Wildman–Crippen MR) is 123 cm³/mol. The van der Waals surface area contributed by atoms with Crippen LogP contribution < -0.4 is 15.4 Å². The van der Waals surface area contributed by atoms with Crippen LogP contribution in [0.2, 0.25) is 0 Å². The fourth-order valence-corrected chi connectivity index (χ4v) is 4.25. The van der Waals surface area contributed by atoms with Gasteiger partial charge in [-0.1, -0.05) is 24.3 Å². The lowest BCUT2D eigenvalue weighted by atomic mass is 9.88. The number of carbonyl (C=O) groups is 2. The van der Waals surface area contributed by atoms with E-state index in [1.54, 1.807) is 48.3 Å². The highest BCUT2D eigenvalue weighted by Gasteiger charge is 2.48. The number of imide groups is 1. The van der Waals surface area contributed by atoms with Crippen LogP contribution in [-0.4, -0.2) is 33.7 Å². The topological polar surface area (TPSA) is 105 Å². The molecular formula is C25H22N4O4. The number of hydrogen-bond donors (Lipinski definition) is 3. The molecule has 1 atom stereocenters. The summed E-state index contributed by atoms with van der Waals surface area (Å²) in [4.78, 5) is 29.6. The minimum atomic E-state index is -1.38. The first-order valence-corrected chi connectivity index (χ1v) is 10.4. The number of methoxy groups -OCH3 is 1. The third kappa shape index (κ3) is 3.45. The lowest BCUT2D eigenvalue weighted by Crippen LogP contribution is -2.47. The van der Waals surface area contributed by atoms with Crippen molar-refractivity contribution in [3.63, 3.8) is 0 Å². The van der Waals surface area contributed by atoms with Crippen molar-refractivity contribution in [3.8, 4) is 22.9 Å². The monoisotopic (exact) mass is 442 g/mol. The maximum absolute atomic E-state index is 13.0. The van der Waals surface area contributed by atoms with E-state index in [-0.39, 0.29) is 12.4 Å². The molecule has 166 valence electrons. The minimum Gasteiger partial charge on any atom is -0.497 e. The first-order valence-electron chi connectivity index (χ1n) is 10.4. The second-order valence-corrected chi connectivity index (χ2v) is 8.14. The highest BCUT2D eigenvalue weighted by molar-refractivity contribution is 6.07. The number of hydrogen-bond acceptors (Lipinski definition) is 5. The van der Waals surface area contributed by atoms with Crippen LogP contribution in [0.3, 0.4) is 0 Å². The second kappa shape index (κ2) is 7.67. The molecule has 8 heteroatoms. The summed E-state index contributed by atoms with van der Waals surface area (Å²) in [5.41, 5.74) is 2.01. The molecule has 2 aromatic carbocycles. The Bertz CT molecular complexity index is 1390. The molecule has 0 bridgehead atoms. The van der Waals surface area contributed by atoms with Gasteiger partial charge in [0.05, 0.1) is 19.3 Å². The molecule has 3 heterocycles. The molecule has 0 radical (unpaired) electrons. The Labute approximate surface area is 189 Å². The average Bonchev–Trinajstić information content (AvgIpc) is 3.28. The van der Waals surface area contributed by atoms with E-state index in [9.17, 15) is 14.7 Å². The summed E-state index contributed by atoms with van der Waals surface area (Å²) in [6.45, 7) is 2.01. The summed E-state index contributed by atoms with van der Waals surface area (Å²) < 4.78 is 6.81. The molecule has 1 saturated heterocycles. The summed E-state index contributed by atoms with van der Waals surface area (Å²) in [5, 5.41) is 17.3. The van der Waals surface area contributed by atoms with Crippen molar-refractivity contribution in [2.45, 2.75) is 19.0 Å². The highest BCUT2D eigenvalue weighted by atomic mass is 16.5. The van der Waals surface area contributed by atoms with Gasteiger partial charge in [-0.3, -0.25) is 15.1 Å². The summed E-state index contributed by atoms with van der Waals surface area (Å²) >= 11 is 0. The second-order valence-electron chi connectivity index (χ2n) is 8.14. The van der Waals surface area contributed by atoms with Gasteiger partial charge in [-0.2, -0.15) is 0 Å². The lowest BCUT2D eigenvalue weighted by molar-refractivity contribution is -0.124. The molecule has 4 aromatic rings. The number of benzene rings is 2. The molecule has 0 spiro atoms. The van der Waals surface area contributed by atoms with Crippen molar-refractivity contribution in [2.24, 2.45) is 0 Å². The Morgan fingerprint density at radius 2 is 1.88 bits per heavy atom. The van der Waals surface area contributed by atoms with Gasteiger partial charge in [0.25, 0.3) is 5.91 Å². The number of amides is 3. The Kier molecular flexibility index (Phi) is 4.78. The molecule has 33 heavy (non-hydrogen) atoms. The first kappa shape index (κ1) is 20.6. The fourth-order valence-electron chi connectivity index (χ4n) is 4.25. The highest BCUT2D eigenvalue weighted by Crippen LogP contribution is 2.35. The standard InChI is InChI=1S/C25H22N4O4/c1-15-9-10-26-21(11-15)16-3-6-18(7-4-16)25(23(31)27-24(32)28-25)14-29-13-17-5-8-19(33-2)12-20(17)22(29)30/h3-13,30H,14H2,1-2H3,(H2,27,28,31,32)/t25-/m0/s1. The van der Waals surface area contributed by atoms with Crippen LogP contribution in [0.4, 0.5) is 4.79 Å². The number of aryl methyl sites for hydroxylation is 1. The van der Waals surface area contributed by atoms with E-state index in [0.29, 0.717) is 16.7 Å². The third-order valence-electron chi connectivity index (χ3n) is 6.01. The van der Waals surface area contributed by atoms with Gasteiger partial charge in [0.2, 0.25) is 0 Å². The Hall–Kier alpha value is -4.33. The third-order valence-corrected chi connectivity index (χ3v) is 6.01. The molecule has 5 rings (SSSR count). The number of urea groups is 1. The average molecular weight is 442 g/mol. The van der Waals surface area contributed by atoms with Crippen molar-refractivity contribution in [2.75, 3.05) is 7.11 Å². The smallest absolute Gasteiger partial charge is 0.322 e. The van der Waals surface area contributed by atoms with Crippen molar-refractivity contribution in [1.29, 1.82) is 0 Å². The number of nitrogens with one attached hydrogen (secondary N) is 2. The first-order chi connectivity index (χ1) is 15.9. The number of fused-ring (bicyclic) bond motifs is 1. The van der Waals surface area contributed by atoms with Gasteiger partial charge in [-0.15, -0.1) is 0 Å². The van der Waals surface area contributed by atoms with Crippen LogP contribution in [0, 0.1) is 6.92 Å². The molecule has 2 aromatic heterocycles. The van der Waals surface area contributed by atoms with Crippen molar-refractivity contribution >= 4 is 22.7 Å². The molecular weight excluding hydrogens is 420 g/mol. The van der Waals surface area contributed by atoms with Crippen LogP contribution in [0.1, 0.15) is 11.1 Å². The van der Waals surface area contributed by atoms with Gasteiger partial charge >= 0.3 is 6.03 Å². The normalized spacial score (nSPS) is 17.8. The molecule has 0 saturated carbocycles. The molecule has 0 aliphatic carbocycles. The predicted octanol–water partition coefficient (Wildman–Crippen LogP) is 3.46. The van der Waals surface area contributed by atoms with Gasteiger partial charge in [0, 0.05) is 28.7 Å². The van der Waals surface area contributed by atoms with Gasteiger partial charge < -0.3 is 19.7 Å². The van der Waals surface area contributed by atoms with E-state index >= 15 is 0 Å². The molecule has 1 fully saturated rings. The zero-order valence-electron chi connectivity index (χ0n) is 18.1. The largest absolute Gasteiger partial charge is 0.497 e. The maximum Gasteiger partial charge on any atom is 0.322 e. The van der Waals surface area contributed by atoms with Gasteiger partial charge in [0.15, 0.2) is 11.4 Å². The van der Waals surface area contributed by atoms with Gasteiger partial charge in [0.1, 0.15) is 5.75 Å². The quantitative estimate of drug-likeness (QED) is 0.411. The Morgan fingerprint density at radius 3 is 2.55 bits per heavy atom. The number of pyridine rings is 1. The van der Waals surface area contributed by atoms with Crippen molar-refractivity contribution in [3.05, 3.63) is 78.1 Å². The molecule has 0 unspecified atom stereocenters. The molecule has 1 aliphatic rings. The number of aromatic hydroxyl groups is 1. The van der Waals surface area contributed by atoms with E-state index in [0.717, 1.165) is 22.2 Å². The molecule has 3 amide bonds. The summed E-state index contributed by atoms with van der Waals surface area (Å²) in [7, 11) is 1.55. The SMILES string of the molecule is COc1ccc2cn(C[C@@]3(c4ccc(-c5cc(C)ccn5)cc4)NC(=O)NC3=O)c(O)c2c1. The molecule has 8 nitrogen and oxygen atoms in total. The van der Waals surface area contributed by atoms with E-state index < -0.39 is 17.5 Å². The number of ether oxygens (including phenoxy) is 1. The number of nitrogens with zero attached hydrogens (tertiary/aromatic N) is 2. The zero-order valence-corrected chi connectivity index (χ0v) is 18.1. The van der Waals surface area contributed by atoms with Crippen LogP contribution in [0.25, 0.3) is 22.0 Å². The van der Waals surface area contributed by atoms with E-state index in [4.69, 9.17) is 4.74 Å². The summed E-state index contributed by atoms with van der Waals surface area (Å²) in [5.74, 6) is 0.110. The number of rotatable bonds is 5. The van der Waals surface area contributed by atoms with Crippen molar-refractivity contribution < 1.29 is 19.4 Å². The van der Waals surface area contributed by atoms with Gasteiger partial charge in [-0.25, -0.2) is 4.79 Å². The van der Waals surface area contributed by atoms with Crippen LogP contribution in [-0.2, 0) is 16.9 Å². The molecule has 3 N–H and O–H groups in total. The fraction of sp³-hybridized carbons (Fsp3) is 0.160. The van der Waals surface area contributed by atoms with E-state index in [1.807, 2.05) is 37.3 Å². The van der Waals surface area contributed by atoms with E-state index in [1.165, 1.54) is 0 Å². The summed E-state index contributed by atoms with van der Waals surface area (Å²) in [6, 6.07) is 16.0. The Morgan fingerprint density at radius 1 is 1.09 bits per heavy atom. The lowest BCUT2D eigenvalue weighted by Gasteiger charge is -2.27. The van der Waals surface area contributed by atoms with E-state index in [2.05, 4.69) is 15.6 Å². The van der Waals surface area contributed by atoms with Crippen LogP contribution >= 0.6 is 0 Å². The molecule has 1 aliphatic heterocycles. The van der Waals surface area contributed by atoms with Crippen LogP contribution in [0.15, 0.2) is 67.0 Å².